The zero-order chi connectivity index (χ0) is 13.0. The van der Waals surface area contributed by atoms with Crippen molar-refractivity contribution in [2.45, 2.75) is 24.9 Å². The van der Waals surface area contributed by atoms with Crippen LogP contribution in [0.1, 0.15) is 12.8 Å². The van der Waals surface area contributed by atoms with E-state index in [-0.39, 0.29) is 12.6 Å². The number of methoxy groups -OCH3 is 1. The lowest BCUT2D eigenvalue weighted by molar-refractivity contribution is 0.243. The van der Waals surface area contributed by atoms with Crippen LogP contribution in [0, 0.1) is 0 Å². The average Bonchev–Trinajstić information content (AvgIpc) is 3.21. The smallest absolute Gasteiger partial charge is 0.120 e. The van der Waals surface area contributed by atoms with Gasteiger partial charge < -0.3 is 20.1 Å². The van der Waals surface area contributed by atoms with Crippen molar-refractivity contribution in [2.75, 3.05) is 32.2 Å². The molecule has 0 aliphatic heterocycles. The maximum Gasteiger partial charge on any atom is 0.120 e. The van der Waals surface area contributed by atoms with Gasteiger partial charge in [0.05, 0.1) is 13.7 Å². The predicted octanol–water partition coefficient (Wildman–Crippen LogP) is 1.24. The number of aliphatic hydroxyl groups excluding tert-OH is 1. The summed E-state index contributed by atoms with van der Waals surface area (Å²) in [7, 11) is 3.70. The van der Waals surface area contributed by atoms with Crippen LogP contribution in [-0.2, 0) is 0 Å². The van der Waals surface area contributed by atoms with E-state index < -0.39 is 0 Å². The van der Waals surface area contributed by atoms with Gasteiger partial charge in [-0.25, -0.2) is 0 Å². The second-order valence-corrected chi connectivity index (χ2v) is 4.90. The summed E-state index contributed by atoms with van der Waals surface area (Å²) in [5.41, 5.74) is 1.10. The molecule has 0 heterocycles. The number of nitrogens with zero attached hydrogens (tertiary/aromatic N) is 1. The molecule has 0 saturated heterocycles. The molecular formula is C14H22N2O2. The molecule has 0 amide bonds. The van der Waals surface area contributed by atoms with Crippen molar-refractivity contribution in [3.63, 3.8) is 0 Å². The number of likely N-dealkylation sites (N-methyl/N-ethyl adjacent to an activating group) is 1. The summed E-state index contributed by atoms with van der Waals surface area (Å²) in [6.45, 7) is 0.963. The van der Waals surface area contributed by atoms with Gasteiger partial charge in [0.25, 0.3) is 0 Å². The van der Waals surface area contributed by atoms with Crippen molar-refractivity contribution in [1.82, 2.24) is 5.32 Å². The Morgan fingerprint density at radius 1 is 1.50 bits per heavy atom. The van der Waals surface area contributed by atoms with Crippen molar-refractivity contribution in [2.24, 2.45) is 0 Å². The summed E-state index contributed by atoms with van der Waals surface area (Å²) in [5.74, 6) is 0.857. The summed E-state index contributed by atoms with van der Waals surface area (Å²) >= 11 is 0. The topological polar surface area (TPSA) is 44.7 Å². The number of nitrogens with one attached hydrogen (secondary N) is 1. The minimum absolute atomic E-state index is 0.133. The molecule has 2 rings (SSSR count). The number of hydrogen-bond donors (Lipinski definition) is 2. The molecule has 0 aromatic heterocycles. The third kappa shape index (κ3) is 3.62. The molecule has 1 aliphatic carbocycles. The number of hydrogen-bond acceptors (Lipinski definition) is 4. The lowest BCUT2D eigenvalue weighted by atomic mass is 10.2. The van der Waals surface area contributed by atoms with Gasteiger partial charge in [-0.2, -0.15) is 0 Å². The van der Waals surface area contributed by atoms with Gasteiger partial charge >= 0.3 is 0 Å². The van der Waals surface area contributed by atoms with E-state index >= 15 is 0 Å². The van der Waals surface area contributed by atoms with Gasteiger partial charge in [0, 0.05) is 37.4 Å². The molecule has 1 unspecified atom stereocenters. The molecule has 1 fully saturated rings. The second-order valence-electron chi connectivity index (χ2n) is 4.90. The van der Waals surface area contributed by atoms with Crippen LogP contribution in [0.25, 0.3) is 0 Å². The lowest BCUT2D eigenvalue weighted by Crippen LogP contribution is -2.43. The van der Waals surface area contributed by atoms with Crippen molar-refractivity contribution < 1.29 is 9.84 Å². The third-order valence-electron chi connectivity index (χ3n) is 3.26. The lowest BCUT2D eigenvalue weighted by Gasteiger charge is -2.25. The van der Waals surface area contributed by atoms with Gasteiger partial charge in [-0.3, -0.25) is 0 Å². The van der Waals surface area contributed by atoms with E-state index in [1.807, 2.05) is 31.3 Å². The molecule has 4 nitrogen and oxygen atoms in total. The second kappa shape index (κ2) is 6.07. The zero-order valence-electron chi connectivity index (χ0n) is 11.1. The first-order valence-electron chi connectivity index (χ1n) is 6.45. The van der Waals surface area contributed by atoms with E-state index in [1.165, 1.54) is 12.8 Å². The fourth-order valence-corrected chi connectivity index (χ4v) is 2.03. The molecule has 100 valence electrons. The summed E-state index contributed by atoms with van der Waals surface area (Å²) in [4.78, 5) is 2.14. The highest BCUT2D eigenvalue weighted by Gasteiger charge is 2.24. The zero-order valence-corrected chi connectivity index (χ0v) is 11.1. The monoisotopic (exact) mass is 250 g/mol. The average molecular weight is 250 g/mol. The molecule has 1 saturated carbocycles. The maximum atomic E-state index is 9.39. The summed E-state index contributed by atoms with van der Waals surface area (Å²) in [6, 6.07) is 8.71. The van der Waals surface area contributed by atoms with Crippen LogP contribution in [0.2, 0.25) is 0 Å². The minimum Gasteiger partial charge on any atom is -0.497 e. The van der Waals surface area contributed by atoms with E-state index in [0.717, 1.165) is 18.0 Å². The molecule has 1 aliphatic rings. The number of benzene rings is 1. The first-order chi connectivity index (χ1) is 8.72. The highest BCUT2D eigenvalue weighted by molar-refractivity contribution is 5.50. The molecule has 4 heteroatoms. The van der Waals surface area contributed by atoms with Crippen molar-refractivity contribution >= 4 is 5.69 Å². The molecule has 0 radical (unpaired) electrons. The van der Waals surface area contributed by atoms with E-state index in [0.29, 0.717) is 6.04 Å². The first kappa shape index (κ1) is 13.2. The van der Waals surface area contributed by atoms with Crippen LogP contribution in [0.3, 0.4) is 0 Å². The Kier molecular flexibility index (Phi) is 4.44. The van der Waals surface area contributed by atoms with Gasteiger partial charge in [0.15, 0.2) is 0 Å². The standard InChI is InChI=1S/C14H22N2O2/c1-16(9-12(10-17)15-11-6-7-11)13-4-3-5-14(8-13)18-2/h3-5,8,11-12,15,17H,6-7,9-10H2,1-2H3. The molecule has 2 N–H and O–H groups in total. The molecule has 0 bridgehead atoms. The Bertz CT molecular complexity index is 380. The molecule has 0 spiro atoms. The van der Waals surface area contributed by atoms with Crippen LogP contribution in [0.4, 0.5) is 5.69 Å². The predicted molar refractivity (Wildman–Crippen MR) is 73.3 cm³/mol. The van der Waals surface area contributed by atoms with Crippen LogP contribution < -0.4 is 15.0 Å². The van der Waals surface area contributed by atoms with Crippen molar-refractivity contribution in [3.05, 3.63) is 24.3 Å². The fourth-order valence-electron chi connectivity index (χ4n) is 2.03. The van der Waals surface area contributed by atoms with Crippen LogP contribution in [-0.4, -0.2) is 44.5 Å². The minimum atomic E-state index is 0.133. The number of ether oxygens (including phenoxy) is 1. The van der Waals surface area contributed by atoms with E-state index in [2.05, 4.69) is 10.2 Å². The maximum absolute atomic E-state index is 9.39. The first-order valence-corrected chi connectivity index (χ1v) is 6.45. The summed E-state index contributed by atoms with van der Waals surface area (Å²) in [5, 5.41) is 12.8. The quantitative estimate of drug-likeness (QED) is 0.764. The van der Waals surface area contributed by atoms with Gasteiger partial charge in [-0.15, -0.1) is 0 Å². The Hall–Kier alpha value is -1.26. The Labute approximate surface area is 109 Å². The highest BCUT2D eigenvalue weighted by atomic mass is 16.5. The summed E-state index contributed by atoms with van der Waals surface area (Å²) in [6.07, 6.45) is 2.47. The number of anilines is 1. The third-order valence-corrected chi connectivity index (χ3v) is 3.26. The molecule has 1 aromatic rings. The van der Waals surface area contributed by atoms with E-state index in [4.69, 9.17) is 4.74 Å². The van der Waals surface area contributed by atoms with Crippen LogP contribution >= 0.6 is 0 Å². The van der Waals surface area contributed by atoms with Crippen LogP contribution in [0.15, 0.2) is 24.3 Å². The SMILES string of the molecule is COc1cccc(N(C)CC(CO)NC2CC2)c1. The van der Waals surface area contributed by atoms with Crippen molar-refractivity contribution in [1.29, 1.82) is 0 Å². The Morgan fingerprint density at radius 2 is 2.28 bits per heavy atom. The van der Waals surface area contributed by atoms with Gasteiger partial charge in [-0.05, 0) is 25.0 Å². The largest absolute Gasteiger partial charge is 0.497 e. The molecule has 1 atom stereocenters. The van der Waals surface area contributed by atoms with Crippen LogP contribution in [0.5, 0.6) is 5.75 Å². The number of aliphatic hydroxyl groups is 1. The van der Waals surface area contributed by atoms with Gasteiger partial charge in [0.2, 0.25) is 0 Å². The number of rotatable bonds is 7. The fraction of sp³-hybridized carbons (Fsp3) is 0.571. The van der Waals surface area contributed by atoms with Gasteiger partial charge in [0.1, 0.15) is 5.75 Å². The van der Waals surface area contributed by atoms with Crippen molar-refractivity contribution in [3.8, 4) is 5.75 Å². The molecular weight excluding hydrogens is 228 g/mol. The Balaban J connectivity index is 1.93. The highest BCUT2D eigenvalue weighted by Crippen LogP contribution is 2.22. The summed E-state index contributed by atoms with van der Waals surface area (Å²) < 4.78 is 5.22. The molecule has 18 heavy (non-hydrogen) atoms. The van der Waals surface area contributed by atoms with Gasteiger partial charge in [-0.1, -0.05) is 6.07 Å². The molecule has 1 aromatic carbocycles. The van der Waals surface area contributed by atoms with E-state index in [1.54, 1.807) is 7.11 Å². The van der Waals surface area contributed by atoms with E-state index in [9.17, 15) is 5.11 Å². The Morgan fingerprint density at radius 3 is 2.89 bits per heavy atom. The normalized spacial score (nSPS) is 16.4.